The molecule has 100 valence electrons. The van der Waals surface area contributed by atoms with Crippen molar-refractivity contribution >= 4 is 40.9 Å². The van der Waals surface area contributed by atoms with Gasteiger partial charge in [-0.3, -0.25) is 4.79 Å². The lowest BCUT2D eigenvalue weighted by molar-refractivity contribution is -0.154. The van der Waals surface area contributed by atoms with Crippen molar-refractivity contribution in [2.24, 2.45) is 0 Å². The first-order chi connectivity index (χ1) is 8.26. The number of hydrogen-bond acceptors (Lipinski definition) is 6. The topological polar surface area (TPSA) is 65.0 Å². The molecular formula is C10H13Cl2N3O2S. The van der Waals surface area contributed by atoms with Gasteiger partial charge in [0.1, 0.15) is 5.60 Å². The summed E-state index contributed by atoms with van der Waals surface area (Å²) in [5.74, 6) is 0.229. The van der Waals surface area contributed by atoms with Gasteiger partial charge in [0, 0.05) is 5.75 Å². The number of halogens is 2. The molecule has 0 saturated heterocycles. The van der Waals surface area contributed by atoms with E-state index in [1.165, 1.54) is 11.8 Å². The number of rotatable bonds is 4. The van der Waals surface area contributed by atoms with Gasteiger partial charge < -0.3 is 4.74 Å². The number of nitrogens with zero attached hydrogens (tertiary/aromatic N) is 3. The minimum Gasteiger partial charge on any atom is -0.460 e. The monoisotopic (exact) mass is 309 g/mol. The zero-order chi connectivity index (χ0) is 13.8. The predicted octanol–water partition coefficient (Wildman–Crippen LogP) is 3.00. The largest absolute Gasteiger partial charge is 0.460 e. The number of ether oxygens (including phenoxy) is 1. The maximum atomic E-state index is 11.4. The van der Waals surface area contributed by atoms with Gasteiger partial charge in [-0.15, -0.1) is 0 Å². The molecule has 0 unspecified atom stereocenters. The van der Waals surface area contributed by atoms with Gasteiger partial charge in [-0.05, 0) is 44.0 Å². The van der Waals surface area contributed by atoms with Gasteiger partial charge in [-0.1, -0.05) is 11.8 Å². The molecule has 0 aliphatic heterocycles. The van der Waals surface area contributed by atoms with Gasteiger partial charge in [0.2, 0.25) is 10.6 Å². The van der Waals surface area contributed by atoms with Crippen molar-refractivity contribution in [2.45, 2.75) is 37.9 Å². The summed E-state index contributed by atoms with van der Waals surface area (Å²) in [4.78, 5) is 22.8. The van der Waals surface area contributed by atoms with Crippen LogP contribution >= 0.6 is 35.0 Å². The molecule has 0 radical (unpaired) electrons. The summed E-state index contributed by atoms with van der Waals surface area (Å²) in [5.41, 5.74) is -0.471. The van der Waals surface area contributed by atoms with Crippen LogP contribution in [0.15, 0.2) is 5.16 Å². The molecule has 0 N–H and O–H groups in total. The second-order valence-corrected chi connectivity index (χ2v) is 6.08. The molecule has 0 saturated carbocycles. The third-order valence-corrected chi connectivity index (χ3v) is 2.70. The van der Waals surface area contributed by atoms with Crippen molar-refractivity contribution in [1.82, 2.24) is 15.0 Å². The summed E-state index contributed by atoms with van der Waals surface area (Å²) in [7, 11) is 0. The Hall–Kier alpha value is -0.590. The minimum atomic E-state index is -0.471. The number of carbonyl (C=O) groups excluding carboxylic acids is 1. The number of esters is 1. The summed E-state index contributed by atoms with van der Waals surface area (Å²) in [6.45, 7) is 5.47. The first kappa shape index (κ1) is 15.5. The molecule has 0 bridgehead atoms. The van der Waals surface area contributed by atoms with Gasteiger partial charge in [-0.2, -0.15) is 15.0 Å². The number of thioether (sulfide) groups is 1. The average molecular weight is 310 g/mol. The van der Waals surface area contributed by atoms with Crippen molar-refractivity contribution in [3.05, 3.63) is 10.6 Å². The molecule has 0 atom stereocenters. The maximum absolute atomic E-state index is 11.4. The first-order valence-electron chi connectivity index (χ1n) is 5.18. The van der Waals surface area contributed by atoms with Crippen LogP contribution in [0.3, 0.4) is 0 Å². The Labute approximate surface area is 120 Å². The zero-order valence-electron chi connectivity index (χ0n) is 10.2. The highest BCUT2D eigenvalue weighted by atomic mass is 35.5. The van der Waals surface area contributed by atoms with Gasteiger partial charge in [0.15, 0.2) is 5.16 Å². The summed E-state index contributed by atoms with van der Waals surface area (Å²) in [6, 6.07) is 0. The molecule has 0 spiro atoms. The van der Waals surface area contributed by atoms with E-state index in [1.807, 2.05) is 20.8 Å². The van der Waals surface area contributed by atoms with Crippen molar-refractivity contribution < 1.29 is 9.53 Å². The second kappa shape index (κ2) is 6.54. The van der Waals surface area contributed by atoms with Crippen LogP contribution in [0.2, 0.25) is 10.6 Å². The summed E-state index contributed by atoms with van der Waals surface area (Å²) in [5, 5.41) is 0.466. The summed E-state index contributed by atoms with van der Waals surface area (Å²) >= 11 is 12.5. The molecule has 0 aliphatic rings. The smallest absolute Gasteiger partial charge is 0.307 e. The van der Waals surface area contributed by atoms with Crippen LogP contribution in [0, 0.1) is 0 Å². The lowest BCUT2D eigenvalue weighted by Crippen LogP contribution is -2.24. The fraction of sp³-hybridized carbons (Fsp3) is 0.600. The van der Waals surface area contributed by atoms with E-state index < -0.39 is 5.60 Å². The molecule has 5 nitrogen and oxygen atoms in total. The fourth-order valence-electron chi connectivity index (χ4n) is 0.992. The maximum Gasteiger partial charge on any atom is 0.307 e. The van der Waals surface area contributed by atoms with Crippen molar-refractivity contribution in [2.75, 3.05) is 5.75 Å². The van der Waals surface area contributed by atoms with E-state index in [1.54, 1.807) is 0 Å². The van der Waals surface area contributed by atoms with Crippen molar-refractivity contribution in [1.29, 1.82) is 0 Å². The third-order valence-electron chi connectivity index (χ3n) is 1.52. The van der Waals surface area contributed by atoms with E-state index in [9.17, 15) is 4.79 Å². The minimum absolute atomic E-state index is 0.0368. The molecule has 8 heteroatoms. The Kier molecular flexibility index (Phi) is 5.62. The van der Waals surface area contributed by atoms with Crippen molar-refractivity contribution in [3.8, 4) is 0 Å². The normalized spacial score (nSPS) is 11.4. The Morgan fingerprint density at radius 2 is 1.78 bits per heavy atom. The van der Waals surface area contributed by atoms with Crippen LogP contribution in [-0.4, -0.2) is 32.3 Å². The molecular weight excluding hydrogens is 297 g/mol. The van der Waals surface area contributed by atoms with Crippen LogP contribution in [0.5, 0.6) is 0 Å². The molecule has 1 rings (SSSR count). The van der Waals surface area contributed by atoms with E-state index >= 15 is 0 Å². The Morgan fingerprint density at radius 3 is 2.28 bits per heavy atom. The lowest BCUT2D eigenvalue weighted by Gasteiger charge is -2.19. The van der Waals surface area contributed by atoms with E-state index in [2.05, 4.69) is 15.0 Å². The fourth-order valence-corrected chi connectivity index (χ4v) is 2.21. The number of aromatic nitrogens is 3. The molecule has 1 aromatic heterocycles. The van der Waals surface area contributed by atoms with Crippen LogP contribution < -0.4 is 0 Å². The van der Waals surface area contributed by atoms with E-state index in [-0.39, 0.29) is 23.0 Å². The van der Waals surface area contributed by atoms with Gasteiger partial charge in [0.05, 0.1) is 6.42 Å². The standard InChI is InChI=1S/C10H13Cl2N3O2S/c1-10(2,3)17-6(16)4-5-18-9-14-7(11)13-8(12)15-9/h4-5H2,1-3H3. The van der Waals surface area contributed by atoms with Crippen LogP contribution in [-0.2, 0) is 9.53 Å². The lowest BCUT2D eigenvalue weighted by atomic mass is 10.2. The molecule has 0 amide bonds. The Morgan fingerprint density at radius 1 is 1.22 bits per heavy atom. The predicted molar refractivity (Wildman–Crippen MR) is 71.0 cm³/mol. The summed E-state index contributed by atoms with van der Waals surface area (Å²) in [6.07, 6.45) is 0.267. The molecule has 0 aromatic carbocycles. The highest BCUT2D eigenvalue weighted by molar-refractivity contribution is 7.99. The van der Waals surface area contributed by atoms with Crippen LogP contribution in [0.25, 0.3) is 0 Å². The van der Waals surface area contributed by atoms with E-state index in [4.69, 9.17) is 27.9 Å². The quantitative estimate of drug-likeness (QED) is 0.629. The highest BCUT2D eigenvalue weighted by Crippen LogP contribution is 2.18. The van der Waals surface area contributed by atoms with Crippen LogP contribution in [0.4, 0.5) is 0 Å². The first-order valence-corrected chi connectivity index (χ1v) is 6.92. The highest BCUT2D eigenvalue weighted by Gasteiger charge is 2.16. The number of carbonyl (C=O) groups is 1. The molecule has 18 heavy (non-hydrogen) atoms. The molecule has 0 aliphatic carbocycles. The van der Waals surface area contributed by atoms with Crippen LogP contribution in [0.1, 0.15) is 27.2 Å². The van der Waals surface area contributed by atoms with Gasteiger partial charge in [-0.25, -0.2) is 0 Å². The third kappa shape index (κ3) is 6.37. The summed E-state index contributed by atoms with van der Waals surface area (Å²) < 4.78 is 5.17. The Balaban J connectivity index is 2.40. The second-order valence-electron chi connectivity index (χ2n) is 4.34. The number of hydrogen-bond donors (Lipinski definition) is 0. The molecule has 1 heterocycles. The SMILES string of the molecule is CC(C)(C)OC(=O)CCSc1nc(Cl)nc(Cl)n1. The van der Waals surface area contributed by atoms with E-state index in [0.717, 1.165) is 0 Å². The van der Waals surface area contributed by atoms with Gasteiger partial charge >= 0.3 is 5.97 Å². The average Bonchev–Trinajstić information content (AvgIpc) is 2.12. The Bertz CT molecular complexity index is 417. The zero-order valence-corrected chi connectivity index (χ0v) is 12.6. The van der Waals surface area contributed by atoms with Crippen molar-refractivity contribution in [3.63, 3.8) is 0 Å². The molecule has 0 fully saturated rings. The van der Waals surface area contributed by atoms with Gasteiger partial charge in [0.25, 0.3) is 0 Å². The van der Waals surface area contributed by atoms with E-state index in [0.29, 0.717) is 10.9 Å². The molecule has 1 aromatic rings.